The number of amides is 2. The number of aryl methyl sites for hydroxylation is 4. The number of hydrogen-bond acceptors (Lipinski definition) is 5. The van der Waals surface area contributed by atoms with Crippen LogP contribution in [-0.4, -0.2) is 35.4 Å². The van der Waals surface area contributed by atoms with E-state index in [1.807, 2.05) is 58.0 Å². The van der Waals surface area contributed by atoms with Crippen molar-refractivity contribution in [1.82, 2.24) is 0 Å². The molecule has 0 spiro atoms. The Morgan fingerprint density at radius 2 is 1.44 bits per heavy atom. The summed E-state index contributed by atoms with van der Waals surface area (Å²) in [6.45, 7) is 9.19. The number of aliphatic hydroxyl groups is 1. The Hall–Kier alpha value is -3.97. The van der Waals surface area contributed by atoms with Crippen LogP contribution >= 0.6 is 0 Å². The molecule has 4 atom stereocenters. The van der Waals surface area contributed by atoms with Gasteiger partial charge in [-0.2, -0.15) is 0 Å². The molecule has 0 bridgehead atoms. The number of methoxy groups -OCH3 is 1. The van der Waals surface area contributed by atoms with Crippen LogP contribution in [-0.2, 0) is 14.4 Å². The molecule has 0 saturated heterocycles. The van der Waals surface area contributed by atoms with E-state index >= 15 is 0 Å². The van der Waals surface area contributed by atoms with Crippen LogP contribution in [0.5, 0.6) is 5.75 Å². The maximum atomic E-state index is 13.9. The topological polar surface area (TPSA) is 105 Å². The van der Waals surface area contributed by atoms with E-state index in [2.05, 4.69) is 10.6 Å². The Balaban J connectivity index is 1.80. The van der Waals surface area contributed by atoms with Gasteiger partial charge in [-0.05, 0) is 75.6 Å². The molecular weight excluding hydrogens is 492 g/mol. The SMILES string of the molecule is COc1cccc(C2C(C(=O)Nc3ccc(C)cc3C)C(=O)CC(C)(O)C2C(=O)Nc2ccc(C)cc2C)c1. The lowest BCUT2D eigenvalue weighted by molar-refractivity contribution is -0.150. The van der Waals surface area contributed by atoms with Gasteiger partial charge in [0, 0.05) is 23.7 Å². The van der Waals surface area contributed by atoms with Gasteiger partial charge in [0.1, 0.15) is 17.5 Å². The van der Waals surface area contributed by atoms with Gasteiger partial charge in [-0.15, -0.1) is 0 Å². The summed E-state index contributed by atoms with van der Waals surface area (Å²) in [6.07, 6.45) is -0.330. The maximum Gasteiger partial charge on any atom is 0.235 e. The second-order valence-electron chi connectivity index (χ2n) is 10.9. The second-order valence-corrected chi connectivity index (χ2v) is 10.9. The Bertz CT molecular complexity index is 1430. The van der Waals surface area contributed by atoms with Crippen molar-refractivity contribution in [3.05, 3.63) is 88.5 Å². The highest BCUT2D eigenvalue weighted by molar-refractivity contribution is 6.10. The third-order valence-corrected chi connectivity index (χ3v) is 7.59. The van der Waals surface area contributed by atoms with Crippen LogP contribution < -0.4 is 15.4 Å². The smallest absolute Gasteiger partial charge is 0.235 e. The number of nitrogens with one attached hydrogen (secondary N) is 2. The van der Waals surface area contributed by atoms with E-state index in [1.165, 1.54) is 14.0 Å². The number of rotatable bonds is 6. The second kappa shape index (κ2) is 11.0. The Labute approximate surface area is 229 Å². The summed E-state index contributed by atoms with van der Waals surface area (Å²) in [5, 5.41) is 17.4. The fourth-order valence-corrected chi connectivity index (χ4v) is 5.67. The normalized spacial score (nSPS) is 22.7. The summed E-state index contributed by atoms with van der Waals surface area (Å²) in [4.78, 5) is 41.3. The number of hydrogen-bond donors (Lipinski definition) is 3. The summed E-state index contributed by atoms with van der Waals surface area (Å²) < 4.78 is 5.41. The average Bonchev–Trinajstić information content (AvgIpc) is 2.86. The van der Waals surface area contributed by atoms with Crippen LogP contribution in [0.15, 0.2) is 60.7 Å². The zero-order chi connectivity index (χ0) is 28.5. The van der Waals surface area contributed by atoms with Gasteiger partial charge in [0.25, 0.3) is 0 Å². The van der Waals surface area contributed by atoms with Crippen LogP contribution in [0.1, 0.15) is 47.1 Å². The van der Waals surface area contributed by atoms with Crippen LogP contribution in [0.3, 0.4) is 0 Å². The van der Waals surface area contributed by atoms with Crippen molar-refractivity contribution in [3.8, 4) is 5.75 Å². The summed E-state index contributed by atoms with van der Waals surface area (Å²) in [5.74, 6) is -4.12. The number of ketones is 1. The van der Waals surface area contributed by atoms with Gasteiger partial charge in [-0.1, -0.05) is 47.5 Å². The summed E-state index contributed by atoms with van der Waals surface area (Å²) in [5.41, 5.74) is 3.91. The Morgan fingerprint density at radius 1 is 0.872 bits per heavy atom. The minimum Gasteiger partial charge on any atom is -0.497 e. The maximum absolute atomic E-state index is 13.9. The predicted octanol–water partition coefficient (Wildman–Crippen LogP) is 5.25. The molecule has 2 amide bonds. The van der Waals surface area contributed by atoms with Crippen molar-refractivity contribution < 1.29 is 24.2 Å². The molecule has 7 heteroatoms. The molecule has 1 saturated carbocycles. The van der Waals surface area contributed by atoms with Crippen molar-refractivity contribution in [1.29, 1.82) is 0 Å². The van der Waals surface area contributed by atoms with E-state index < -0.39 is 41.0 Å². The minimum absolute atomic E-state index is 0.330. The van der Waals surface area contributed by atoms with Crippen LogP contribution in [0.4, 0.5) is 11.4 Å². The van der Waals surface area contributed by atoms with Crippen molar-refractivity contribution in [3.63, 3.8) is 0 Å². The fourth-order valence-electron chi connectivity index (χ4n) is 5.67. The van der Waals surface area contributed by atoms with Crippen molar-refractivity contribution >= 4 is 29.0 Å². The minimum atomic E-state index is -1.69. The first-order valence-corrected chi connectivity index (χ1v) is 13.1. The lowest BCUT2D eigenvalue weighted by atomic mass is 9.61. The number of Topliss-reactive ketones (excluding diaryl/α,β-unsaturated/α-hetero) is 1. The highest BCUT2D eigenvalue weighted by Crippen LogP contribution is 2.47. The molecule has 7 nitrogen and oxygen atoms in total. The van der Waals surface area contributed by atoms with Crippen molar-refractivity contribution in [2.45, 2.75) is 52.6 Å². The zero-order valence-corrected chi connectivity index (χ0v) is 23.3. The molecule has 0 aliphatic heterocycles. The summed E-state index contributed by atoms with van der Waals surface area (Å²) in [7, 11) is 1.52. The Morgan fingerprint density at radius 3 is 1.97 bits per heavy atom. The number of benzene rings is 3. The largest absolute Gasteiger partial charge is 0.497 e. The number of carbonyl (C=O) groups is 3. The molecule has 0 heterocycles. The van der Waals surface area contributed by atoms with Gasteiger partial charge in [-0.25, -0.2) is 0 Å². The number of ether oxygens (including phenoxy) is 1. The van der Waals surface area contributed by atoms with E-state index in [0.29, 0.717) is 22.7 Å². The van der Waals surface area contributed by atoms with E-state index in [0.717, 1.165) is 22.3 Å². The first-order valence-electron chi connectivity index (χ1n) is 13.1. The average molecular weight is 529 g/mol. The van der Waals surface area contributed by atoms with Crippen molar-refractivity contribution in [2.75, 3.05) is 17.7 Å². The Kier molecular flexibility index (Phi) is 7.93. The third kappa shape index (κ3) is 5.88. The highest BCUT2D eigenvalue weighted by atomic mass is 16.5. The van der Waals surface area contributed by atoms with E-state index in [4.69, 9.17) is 4.74 Å². The van der Waals surface area contributed by atoms with Gasteiger partial charge in [0.2, 0.25) is 11.8 Å². The van der Waals surface area contributed by atoms with E-state index in [1.54, 1.807) is 30.3 Å². The van der Waals surface area contributed by atoms with Gasteiger partial charge in [-0.3, -0.25) is 14.4 Å². The summed E-state index contributed by atoms with van der Waals surface area (Å²) >= 11 is 0. The molecule has 204 valence electrons. The fraction of sp³-hybridized carbons (Fsp3) is 0.344. The zero-order valence-electron chi connectivity index (χ0n) is 23.3. The highest BCUT2D eigenvalue weighted by Gasteiger charge is 2.56. The van der Waals surface area contributed by atoms with Crippen LogP contribution in [0.2, 0.25) is 0 Å². The molecule has 1 aliphatic rings. The molecule has 3 N–H and O–H groups in total. The van der Waals surface area contributed by atoms with Crippen LogP contribution in [0.25, 0.3) is 0 Å². The molecule has 3 aromatic rings. The molecular formula is C32H36N2O5. The summed E-state index contributed by atoms with van der Waals surface area (Å²) in [6, 6.07) is 18.3. The standard InChI is InChI=1S/C32H36N2O5/c1-18-10-12-24(20(3)14-18)33-30(36)28-26(35)17-32(5,38)29(27(28)22-8-7-9-23(16-22)39-6)31(37)34-25-13-11-19(2)15-21(25)4/h7-16,27-29,38H,17H2,1-6H3,(H,33,36)(H,34,37). The molecule has 1 fully saturated rings. The van der Waals surface area contributed by atoms with E-state index in [-0.39, 0.29) is 6.42 Å². The van der Waals surface area contributed by atoms with Gasteiger partial charge in [0.05, 0.1) is 18.6 Å². The number of carbonyl (C=O) groups excluding carboxylic acids is 3. The third-order valence-electron chi connectivity index (χ3n) is 7.59. The number of anilines is 2. The molecule has 39 heavy (non-hydrogen) atoms. The first kappa shape index (κ1) is 28.0. The van der Waals surface area contributed by atoms with E-state index in [9.17, 15) is 19.5 Å². The molecule has 3 aromatic carbocycles. The predicted molar refractivity (Wildman–Crippen MR) is 152 cm³/mol. The first-order chi connectivity index (χ1) is 18.4. The van der Waals surface area contributed by atoms with Gasteiger partial charge < -0.3 is 20.5 Å². The lowest BCUT2D eigenvalue weighted by Gasteiger charge is -2.44. The lowest BCUT2D eigenvalue weighted by Crippen LogP contribution is -2.56. The van der Waals surface area contributed by atoms with Crippen LogP contribution in [0, 0.1) is 39.5 Å². The molecule has 4 unspecified atom stereocenters. The monoisotopic (exact) mass is 528 g/mol. The van der Waals surface area contributed by atoms with Gasteiger partial charge in [0.15, 0.2) is 0 Å². The molecule has 0 aromatic heterocycles. The molecule has 0 radical (unpaired) electrons. The molecule has 1 aliphatic carbocycles. The van der Waals surface area contributed by atoms with Gasteiger partial charge >= 0.3 is 0 Å². The quantitative estimate of drug-likeness (QED) is 0.379. The van der Waals surface area contributed by atoms with Crippen molar-refractivity contribution in [2.24, 2.45) is 11.8 Å². The molecule has 4 rings (SSSR count).